The minimum absolute atomic E-state index is 0.155. The number of carbonyl (C=O) groups excluding carboxylic acids is 3. The molecule has 0 spiro atoms. The molecule has 1 heterocycles. The zero-order valence-electron chi connectivity index (χ0n) is 15.2. The van der Waals surface area contributed by atoms with Crippen molar-refractivity contribution < 1.29 is 19.1 Å². The Kier molecular flexibility index (Phi) is 3.90. The monoisotopic (exact) mass is 373 g/mol. The van der Waals surface area contributed by atoms with Crippen molar-refractivity contribution in [3.63, 3.8) is 0 Å². The molecule has 5 rings (SSSR count). The normalized spacial score (nSPS) is 27.4. The van der Waals surface area contributed by atoms with Crippen LogP contribution >= 0.6 is 0 Å². The predicted octanol–water partition coefficient (Wildman–Crippen LogP) is 3.26. The van der Waals surface area contributed by atoms with Crippen LogP contribution in [-0.4, -0.2) is 24.2 Å². The zero-order chi connectivity index (χ0) is 19.3. The van der Waals surface area contributed by atoms with Gasteiger partial charge in [0.1, 0.15) is 5.75 Å². The Labute approximate surface area is 162 Å². The maximum absolute atomic E-state index is 13.0. The fourth-order valence-corrected chi connectivity index (χ4v) is 4.75. The zero-order valence-corrected chi connectivity index (χ0v) is 15.2. The summed E-state index contributed by atoms with van der Waals surface area (Å²) >= 11 is 0. The summed E-state index contributed by atoms with van der Waals surface area (Å²) in [6, 6.07) is 15.8. The van der Waals surface area contributed by atoms with Crippen LogP contribution in [0.4, 0.5) is 5.69 Å². The van der Waals surface area contributed by atoms with Crippen molar-refractivity contribution in [3.05, 3.63) is 72.3 Å². The molecule has 0 aromatic heterocycles. The van der Waals surface area contributed by atoms with E-state index in [0.717, 1.165) is 6.42 Å². The molecule has 2 fully saturated rings. The Morgan fingerprint density at radius 3 is 2.18 bits per heavy atom. The molecule has 0 N–H and O–H groups in total. The number of rotatable bonds is 5. The number of ether oxygens (including phenoxy) is 1. The Balaban J connectivity index is 1.39. The van der Waals surface area contributed by atoms with E-state index in [1.54, 1.807) is 48.5 Å². The van der Waals surface area contributed by atoms with Crippen molar-refractivity contribution in [2.75, 3.05) is 11.5 Å². The number of amides is 2. The molecule has 0 unspecified atom stereocenters. The largest absolute Gasteiger partial charge is 0.483 e. The summed E-state index contributed by atoms with van der Waals surface area (Å²) in [6.07, 6.45) is 5.03. The molecule has 140 valence electrons. The summed E-state index contributed by atoms with van der Waals surface area (Å²) < 4.78 is 5.74. The van der Waals surface area contributed by atoms with E-state index < -0.39 is 0 Å². The second-order valence-electron chi connectivity index (χ2n) is 7.56. The number of hydrogen-bond donors (Lipinski definition) is 0. The summed E-state index contributed by atoms with van der Waals surface area (Å²) in [4.78, 5) is 39.7. The predicted molar refractivity (Wildman–Crippen MR) is 103 cm³/mol. The maximum atomic E-state index is 13.0. The number of benzene rings is 2. The molecule has 1 saturated carbocycles. The first-order valence-electron chi connectivity index (χ1n) is 9.51. The first kappa shape index (κ1) is 16.9. The number of Topliss-reactive ketones (excluding diaryl/α,β-unsaturated/α-hetero) is 1. The van der Waals surface area contributed by atoms with E-state index in [2.05, 4.69) is 12.2 Å². The first-order valence-corrected chi connectivity index (χ1v) is 9.51. The van der Waals surface area contributed by atoms with E-state index >= 15 is 0 Å². The third-order valence-corrected chi connectivity index (χ3v) is 6.03. The summed E-state index contributed by atoms with van der Waals surface area (Å²) in [7, 11) is 0. The van der Waals surface area contributed by atoms with Crippen LogP contribution in [0.15, 0.2) is 66.7 Å². The molecule has 2 aromatic rings. The Morgan fingerprint density at radius 1 is 0.893 bits per heavy atom. The number of carbonyl (C=O) groups is 3. The van der Waals surface area contributed by atoms with Gasteiger partial charge in [0.2, 0.25) is 11.8 Å². The molecule has 2 aromatic carbocycles. The lowest BCUT2D eigenvalue weighted by Gasteiger charge is -2.20. The van der Waals surface area contributed by atoms with Crippen molar-refractivity contribution in [1.82, 2.24) is 0 Å². The molecule has 3 aliphatic rings. The molecule has 4 atom stereocenters. The average Bonchev–Trinajstić information content (AvgIpc) is 3.41. The number of nitrogens with zero attached hydrogens (tertiary/aromatic N) is 1. The van der Waals surface area contributed by atoms with Crippen molar-refractivity contribution in [1.29, 1.82) is 0 Å². The van der Waals surface area contributed by atoms with E-state index in [0.29, 0.717) is 17.0 Å². The Hall–Kier alpha value is -3.21. The van der Waals surface area contributed by atoms with E-state index in [1.807, 2.05) is 6.07 Å². The van der Waals surface area contributed by atoms with Gasteiger partial charge in [0.05, 0.1) is 17.5 Å². The van der Waals surface area contributed by atoms with Crippen LogP contribution in [0.25, 0.3) is 0 Å². The summed E-state index contributed by atoms with van der Waals surface area (Å²) in [5.74, 6) is -0.312. The van der Waals surface area contributed by atoms with Gasteiger partial charge in [0, 0.05) is 5.56 Å². The number of imide groups is 1. The molecule has 2 bridgehead atoms. The van der Waals surface area contributed by atoms with Gasteiger partial charge in [-0.2, -0.15) is 0 Å². The third kappa shape index (κ3) is 2.50. The van der Waals surface area contributed by atoms with Crippen LogP contribution in [-0.2, 0) is 9.59 Å². The van der Waals surface area contributed by atoms with Gasteiger partial charge < -0.3 is 4.74 Å². The average molecular weight is 373 g/mol. The number of para-hydroxylation sites is 2. The van der Waals surface area contributed by atoms with Gasteiger partial charge in [-0.05, 0) is 30.4 Å². The fourth-order valence-electron chi connectivity index (χ4n) is 4.75. The standard InChI is InChI=1S/C23H19NO4/c25-18(14-6-2-1-3-7-14)13-28-19-9-5-4-8-17(19)24-22(26)20-15-10-11-16(12-15)21(20)23(24)27/h1-11,15-16,20-21H,12-13H2/t15-,16+,20-,21-/m0/s1. The van der Waals surface area contributed by atoms with E-state index in [1.165, 1.54) is 4.90 Å². The Bertz CT molecular complexity index is 967. The van der Waals surface area contributed by atoms with Crippen LogP contribution in [0.5, 0.6) is 5.75 Å². The number of fused-ring (bicyclic) bond motifs is 5. The highest BCUT2D eigenvalue weighted by Gasteiger charge is 2.59. The van der Waals surface area contributed by atoms with Gasteiger partial charge in [-0.3, -0.25) is 14.4 Å². The molecule has 2 amide bonds. The van der Waals surface area contributed by atoms with Gasteiger partial charge in [-0.15, -0.1) is 0 Å². The highest BCUT2D eigenvalue weighted by atomic mass is 16.5. The lowest BCUT2D eigenvalue weighted by atomic mass is 9.85. The number of hydrogen-bond acceptors (Lipinski definition) is 4. The SMILES string of the molecule is O=C(COc1ccccc1N1C(=O)[C@@H]2[C@@H](C1=O)[C@H]1C=C[C@@H]2C1)c1ccccc1. The number of allylic oxidation sites excluding steroid dienone is 2. The second kappa shape index (κ2) is 6.44. The molecule has 28 heavy (non-hydrogen) atoms. The maximum Gasteiger partial charge on any atom is 0.238 e. The van der Waals surface area contributed by atoms with Crippen molar-refractivity contribution in [2.45, 2.75) is 6.42 Å². The third-order valence-electron chi connectivity index (χ3n) is 6.03. The van der Waals surface area contributed by atoms with Crippen LogP contribution in [0, 0.1) is 23.7 Å². The topological polar surface area (TPSA) is 63.7 Å². The van der Waals surface area contributed by atoms with E-state index in [4.69, 9.17) is 4.74 Å². The lowest BCUT2D eigenvalue weighted by Crippen LogP contribution is -2.33. The molecular formula is C23H19NO4. The number of anilines is 1. The molecule has 1 saturated heterocycles. The smallest absolute Gasteiger partial charge is 0.238 e. The molecule has 5 nitrogen and oxygen atoms in total. The van der Waals surface area contributed by atoms with Gasteiger partial charge in [-0.1, -0.05) is 54.6 Å². The van der Waals surface area contributed by atoms with Crippen LogP contribution < -0.4 is 9.64 Å². The summed E-state index contributed by atoms with van der Waals surface area (Å²) in [6.45, 7) is -0.156. The van der Waals surface area contributed by atoms with E-state index in [-0.39, 0.29) is 47.9 Å². The molecule has 5 heteroatoms. The fraction of sp³-hybridized carbons (Fsp3) is 0.261. The second-order valence-corrected chi connectivity index (χ2v) is 7.56. The molecule has 2 aliphatic carbocycles. The minimum atomic E-state index is -0.262. The minimum Gasteiger partial charge on any atom is -0.483 e. The van der Waals surface area contributed by atoms with Crippen molar-refractivity contribution in [2.24, 2.45) is 23.7 Å². The lowest BCUT2D eigenvalue weighted by molar-refractivity contribution is -0.123. The van der Waals surface area contributed by atoms with Gasteiger partial charge in [0.25, 0.3) is 0 Å². The van der Waals surface area contributed by atoms with Crippen LogP contribution in [0.1, 0.15) is 16.8 Å². The summed E-state index contributed by atoms with van der Waals surface area (Å²) in [5.41, 5.74) is 0.984. The molecule has 1 aliphatic heterocycles. The number of ketones is 1. The van der Waals surface area contributed by atoms with Crippen LogP contribution in [0.2, 0.25) is 0 Å². The quantitative estimate of drug-likeness (QED) is 0.458. The van der Waals surface area contributed by atoms with Crippen molar-refractivity contribution >= 4 is 23.3 Å². The summed E-state index contributed by atoms with van der Waals surface area (Å²) in [5, 5.41) is 0. The first-order chi connectivity index (χ1) is 13.6. The molecular weight excluding hydrogens is 354 g/mol. The molecule has 0 radical (unpaired) electrons. The highest BCUT2D eigenvalue weighted by Crippen LogP contribution is 2.53. The van der Waals surface area contributed by atoms with Crippen LogP contribution in [0.3, 0.4) is 0 Å². The van der Waals surface area contributed by atoms with Crippen molar-refractivity contribution in [3.8, 4) is 5.75 Å². The van der Waals surface area contributed by atoms with E-state index in [9.17, 15) is 14.4 Å². The highest BCUT2D eigenvalue weighted by molar-refractivity contribution is 6.23. The van der Waals surface area contributed by atoms with Gasteiger partial charge in [-0.25, -0.2) is 4.90 Å². The van der Waals surface area contributed by atoms with Gasteiger partial charge >= 0.3 is 0 Å². The van der Waals surface area contributed by atoms with Gasteiger partial charge in [0.15, 0.2) is 12.4 Å². The Morgan fingerprint density at radius 2 is 1.50 bits per heavy atom.